The number of ether oxygens (including phenoxy) is 1. The number of phenols is 1. The SMILES string of the molecule is COCCN1CCCN(C(=O)c2cc(Cl)ccc2O)CC1=O. The maximum absolute atomic E-state index is 12.5. The molecule has 0 aliphatic carbocycles. The summed E-state index contributed by atoms with van der Waals surface area (Å²) >= 11 is 5.87. The summed E-state index contributed by atoms with van der Waals surface area (Å²) < 4.78 is 4.98. The Labute approximate surface area is 134 Å². The summed E-state index contributed by atoms with van der Waals surface area (Å²) in [6.45, 7) is 2.02. The zero-order chi connectivity index (χ0) is 16.1. The quantitative estimate of drug-likeness (QED) is 0.907. The van der Waals surface area contributed by atoms with E-state index in [1.807, 2.05) is 0 Å². The molecule has 0 saturated carbocycles. The normalized spacial score (nSPS) is 15.8. The number of benzene rings is 1. The van der Waals surface area contributed by atoms with Crippen LogP contribution in [-0.4, -0.2) is 66.6 Å². The molecule has 0 atom stereocenters. The molecule has 1 aromatic rings. The summed E-state index contributed by atoms with van der Waals surface area (Å²) in [5, 5.41) is 10.2. The molecule has 0 bridgehead atoms. The van der Waals surface area contributed by atoms with Crippen LogP contribution in [0.1, 0.15) is 16.8 Å². The first-order chi connectivity index (χ1) is 10.5. The predicted octanol–water partition coefficient (Wildman–Crippen LogP) is 1.37. The molecule has 2 amide bonds. The molecule has 7 heteroatoms. The van der Waals surface area contributed by atoms with Crippen LogP contribution in [0.3, 0.4) is 0 Å². The summed E-state index contributed by atoms with van der Waals surface area (Å²) in [5.41, 5.74) is 0.116. The molecule has 120 valence electrons. The van der Waals surface area contributed by atoms with Crippen LogP contribution in [0.2, 0.25) is 5.02 Å². The highest BCUT2D eigenvalue weighted by Gasteiger charge is 2.26. The van der Waals surface area contributed by atoms with Crippen LogP contribution in [0.25, 0.3) is 0 Å². The molecule has 0 aromatic heterocycles. The molecule has 1 fully saturated rings. The lowest BCUT2D eigenvalue weighted by molar-refractivity contribution is -0.131. The van der Waals surface area contributed by atoms with Crippen LogP contribution in [-0.2, 0) is 9.53 Å². The average molecular weight is 327 g/mol. The molecule has 1 N–H and O–H groups in total. The molecule has 1 saturated heterocycles. The van der Waals surface area contributed by atoms with E-state index in [0.29, 0.717) is 37.7 Å². The zero-order valence-corrected chi connectivity index (χ0v) is 13.2. The number of methoxy groups -OCH3 is 1. The number of nitrogens with zero attached hydrogens (tertiary/aromatic N) is 2. The Hall–Kier alpha value is -1.79. The summed E-state index contributed by atoms with van der Waals surface area (Å²) in [7, 11) is 1.58. The standard InChI is InChI=1S/C15H19ClN2O4/c1-22-8-7-17-5-2-6-18(10-14(17)20)15(21)12-9-11(16)3-4-13(12)19/h3-4,9,19H,2,5-8,10H2,1H3. The third kappa shape index (κ3) is 3.90. The van der Waals surface area contributed by atoms with Gasteiger partial charge in [0.25, 0.3) is 5.91 Å². The molecule has 0 radical (unpaired) electrons. The van der Waals surface area contributed by atoms with Crippen molar-refractivity contribution in [2.24, 2.45) is 0 Å². The zero-order valence-electron chi connectivity index (χ0n) is 12.4. The number of amides is 2. The van der Waals surface area contributed by atoms with Crippen molar-refractivity contribution in [3.8, 4) is 5.75 Å². The average Bonchev–Trinajstić information content (AvgIpc) is 2.68. The Morgan fingerprint density at radius 1 is 1.41 bits per heavy atom. The lowest BCUT2D eigenvalue weighted by Gasteiger charge is -2.22. The summed E-state index contributed by atoms with van der Waals surface area (Å²) in [6.07, 6.45) is 0.683. The lowest BCUT2D eigenvalue weighted by Crippen LogP contribution is -2.40. The van der Waals surface area contributed by atoms with Crippen LogP contribution >= 0.6 is 11.6 Å². The molecule has 1 aliphatic rings. The number of carbonyl (C=O) groups excluding carboxylic acids is 2. The second kappa shape index (κ2) is 7.47. The maximum Gasteiger partial charge on any atom is 0.258 e. The van der Waals surface area contributed by atoms with Gasteiger partial charge in [-0.15, -0.1) is 0 Å². The maximum atomic E-state index is 12.5. The minimum absolute atomic E-state index is 0.00546. The Kier molecular flexibility index (Phi) is 5.63. The monoisotopic (exact) mass is 326 g/mol. The van der Waals surface area contributed by atoms with Gasteiger partial charge in [-0.2, -0.15) is 0 Å². The second-order valence-electron chi connectivity index (χ2n) is 5.12. The van der Waals surface area contributed by atoms with Crippen LogP contribution in [0.5, 0.6) is 5.75 Å². The van der Waals surface area contributed by atoms with Crippen LogP contribution in [0.4, 0.5) is 0 Å². The summed E-state index contributed by atoms with van der Waals surface area (Å²) in [4.78, 5) is 27.8. The molecule has 1 aliphatic heterocycles. The fourth-order valence-corrected chi connectivity index (χ4v) is 2.55. The second-order valence-corrected chi connectivity index (χ2v) is 5.55. The molecule has 0 spiro atoms. The molecule has 1 heterocycles. The van der Waals surface area contributed by atoms with Gasteiger partial charge < -0.3 is 19.6 Å². The van der Waals surface area contributed by atoms with Gasteiger partial charge in [0.2, 0.25) is 5.91 Å². The van der Waals surface area contributed by atoms with E-state index in [1.165, 1.54) is 23.1 Å². The third-order valence-corrected chi connectivity index (χ3v) is 3.81. The van der Waals surface area contributed by atoms with E-state index >= 15 is 0 Å². The minimum atomic E-state index is -0.387. The number of carbonyl (C=O) groups is 2. The lowest BCUT2D eigenvalue weighted by atomic mass is 10.1. The van der Waals surface area contributed by atoms with Crippen molar-refractivity contribution in [2.45, 2.75) is 6.42 Å². The molecule has 2 rings (SSSR count). The van der Waals surface area contributed by atoms with Gasteiger partial charge >= 0.3 is 0 Å². The van der Waals surface area contributed by atoms with Gasteiger partial charge in [-0.1, -0.05) is 11.6 Å². The molecule has 6 nitrogen and oxygen atoms in total. The van der Waals surface area contributed by atoms with Gasteiger partial charge in [-0.25, -0.2) is 0 Å². The molecule has 1 aromatic carbocycles. The van der Waals surface area contributed by atoms with Gasteiger partial charge in [0.15, 0.2) is 0 Å². The van der Waals surface area contributed by atoms with E-state index < -0.39 is 0 Å². The van der Waals surface area contributed by atoms with E-state index in [2.05, 4.69) is 0 Å². The van der Waals surface area contributed by atoms with Crippen molar-refractivity contribution >= 4 is 23.4 Å². The highest BCUT2D eigenvalue weighted by Crippen LogP contribution is 2.23. The number of phenolic OH excluding ortho intramolecular Hbond substituents is 1. The van der Waals surface area contributed by atoms with E-state index in [9.17, 15) is 14.7 Å². The molecular formula is C15H19ClN2O4. The molecule has 0 unspecified atom stereocenters. The van der Waals surface area contributed by atoms with Crippen molar-refractivity contribution in [3.05, 3.63) is 28.8 Å². The van der Waals surface area contributed by atoms with Crippen LogP contribution < -0.4 is 0 Å². The Morgan fingerprint density at radius 2 is 2.18 bits per heavy atom. The van der Waals surface area contributed by atoms with Gasteiger partial charge in [-0.3, -0.25) is 9.59 Å². The topological polar surface area (TPSA) is 70.1 Å². The number of aromatic hydroxyl groups is 1. The largest absolute Gasteiger partial charge is 0.507 e. The number of rotatable bonds is 4. The van der Waals surface area contributed by atoms with E-state index in [0.717, 1.165) is 0 Å². The van der Waals surface area contributed by atoms with E-state index in [4.69, 9.17) is 16.3 Å². The minimum Gasteiger partial charge on any atom is -0.507 e. The predicted molar refractivity (Wildman–Crippen MR) is 82.1 cm³/mol. The van der Waals surface area contributed by atoms with Crippen molar-refractivity contribution in [1.29, 1.82) is 0 Å². The number of hydrogen-bond donors (Lipinski definition) is 1. The first kappa shape index (κ1) is 16.6. The van der Waals surface area contributed by atoms with Gasteiger partial charge in [-0.05, 0) is 24.6 Å². The first-order valence-electron chi connectivity index (χ1n) is 7.07. The summed E-state index contributed by atoms with van der Waals surface area (Å²) in [5.74, 6) is -0.645. The highest BCUT2D eigenvalue weighted by atomic mass is 35.5. The van der Waals surface area contributed by atoms with Crippen LogP contribution in [0, 0.1) is 0 Å². The molecular weight excluding hydrogens is 308 g/mol. The Morgan fingerprint density at radius 3 is 2.91 bits per heavy atom. The highest BCUT2D eigenvalue weighted by molar-refractivity contribution is 6.31. The Balaban J connectivity index is 2.11. The van der Waals surface area contributed by atoms with Crippen molar-refractivity contribution in [2.75, 3.05) is 39.9 Å². The molecule has 22 heavy (non-hydrogen) atoms. The number of halogens is 1. The smallest absolute Gasteiger partial charge is 0.258 e. The third-order valence-electron chi connectivity index (χ3n) is 3.58. The van der Waals surface area contributed by atoms with E-state index in [1.54, 1.807) is 12.0 Å². The Bertz CT molecular complexity index is 564. The first-order valence-corrected chi connectivity index (χ1v) is 7.45. The van der Waals surface area contributed by atoms with Crippen molar-refractivity contribution < 1.29 is 19.4 Å². The fourth-order valence-electron chi connectivity index (χ4n) is 2.38. The van der Waals surface area contributed by atoms with Crippen LogP contribution in [0.15, 0.2) is 18.2 Å². The number of hydrogen-bond acceptors (Lipinski definition) is 4. The van der Waals surface area contributed by atoms with E-state index in [-0.39, 0.29) is 29.7 Å². The van der Waals surface area contributed by atoms with Gasteiger partial charge in [0.1, 0.15) is 12.3 Å². The van der Waals surface area contributed by atoms with Crippen molar-refractivity contribution in [1.82, 2.24) is 9.80 Å². The van der Waals surface area contributed by atoms with Gasteiger partial charge in [0.05, 0.1) is 12.2 Å². The van der Waals surface area contributed by atoms with Gasteiger partial charge in [0, 0.05) is 31.8 Å². The summed E-state index contributed by atoms with van der Waals surface area (Å²) in [6, 6.07) is 4.30. The fraction of sp³-hybridized carbons (Fsp3) is 0.467. The van der Waals surface area contributed by atoms with Crippen molar-refractivity contribution in [3.63, 3.8) is 0 Å².